The summed E-state index contributed by atoms with van der Waals surface area (Å²) in [7, 11) is 2.77. The van der Waals surface area contributed by atoms with E-state index in [1.54, 1.807) is 24.3 Å². The zero-order chi connectivity index (χ0) is 18.4. The Hall–Kier alpha value is -1.92. The van der Waals surface area contributed by atoms with Crippen LogP contribution >= 0.6 is 27.5 Å². The van der Waals surface area contributed by atoms with Crippen LogP contribution in [0.4, 0.5) is 4.79 Å². The first kappa shape index (κ1) is 19.4. The van der Waals surface area contributed by atoms with Crippen LogP contribution in [0.15, 0.2) is 34.8 Å². The van der Waals surface area contributed by atoms with Gasteiger partial charge in [-0.2, -0.15) is 0 Å². The van der Waals surface area contributed by atoms with E-state index in [0.717, 1.165) is 16.5 Å². The fraction of sp³-hybridized carbons (Fsp3) is 0.278. The van der Waals surface area contributed by atoms with E-state index in [-0.39, 0.29) is 6.61 Å². The standard InChI is InChI=1S/C18H18BrClO5/c1-4-11-8-13(19)17(9-14(11)20)24-10-12-15(22-2)6-5-7-16(12)25-18(21)23-3/h5-9H,4,10H2,1-3H3. The van der Waals surface area contributed by atoms with Crippen LogP contribution in [0.3, 0.4) is 0 Å². The Morgan fingerprint density at radius 3 is 2.52 bits per heavy atom. The van der Waals surface area contributed by atoms with Crippen molar-refractivity contribution in [3.8, 4) is 17.2 Å². The molecule has 0 unspecified atom stereocenters. The van der Waals surface area contributed by atoms with Gasteiger partial charge in [0.1, 0.15) is 23.9 Å². The van der Waals surface area contributed by atoms with Crippen molar-refractivity contribution in [2.24, 2.45) is 0 Å². The van der Waals surface area contributed by atoms with Crippen molar-refractivity contribution in [3.63, 3.8) is 0 Å². The third-order valence-electron chi connectivity index (χ3n) is 3.52. The Labute approximate surface area is 159 Å². The summed E-state index contributed by atoms with van der Waals surface area (Å²) in [5.74, 6) is 1.42. The van der Waals surface area contributed by atoms with Gasteiger partial charge in [-0.15, -0.1) is 0 Å². The van der Waals surface area contributed by atoms with E-state index in [1.165, 1.54) is 14.2 Å². The lowest BCUT2D eigenvalue weighted by Crippen LogP contribution is -2.10. The summed E-state index contributed by atoms with van der Waals surface area (Å²) in [6.07, 6.45) is 0.00691. The van der Waals surface area contributed by atoms with E-state index < -0.39 is 6.16 Å². The highest BCUT2D eigenvalue weighted by Gasteiger charge is 2.16. The van der Waals surface area contributed by atoms with Crippen LogP contribution in [-0.2, 0) is 17.8 Å². The normalized spacial score (nSPS) is 10.3. The molecular formula is C18H18BrClO5. The van der Waals surface area contributed by atoms with Crippen LogP contribution in [-0.4, -0.2) is 20.4 Å². The molecule has 0 amide bonds. The van der Waals surface area contributed by atoms with Gasteiger partial charge in [0, 0.05) is 11.1 Å². The smallest absolute Gasteiger partial charge is 0.496 e. The highest BCUT2D eigenvalue weighted by molar-refractivity contribution is 9.10. The molecule has 7 heteroatoms. The summed E-state index contributed by atoms with van der Waals surface area (Å²) in [6.45, 7) is 2.15. The second-order valence-corrected chi connectivity index (χ2v) is 6.27. The molecule has 0 aliphatic rings. The van der Waals surface area contributed by atoms with Gasteiger partial charge >= 0.3 is 6.16 Å². The van der Waals surface area contributed by atoms with Gasteiger partial charge in [0.2, 0.25) is 0 Å². The average Bonchev–Trinajstić information content (AvgIpc) is 2.62. The van der Waals surface area contributed by atoms with Gasteiger partial charge in [-0.05, 0) is 46.1 Å². The van der Waals surface area contributed by atoms with Crippen molar-refractivity contribution in [1.82, 2.24) is 0 Å². The minimum Gasteiger partial charge on any atom is -0.496 e. The van der Waals surface area contributed by atoms with Gasteiger partial charge in [-0.1, -0.05) is 24.6 Å². The largest absolute Gasteiger partial charge is 0.513 e. The van der Waals surface area contributed by atoms with Gasteiger partial charge < -0.3 is 18.9 Å². The maximum atomic E-state index is 11.4. The molecule has 25 heavy (non-hydrogen) atoms. The van der Waals surface area contributed by atoms with Crippen LogP contribution in [0.5, 0.6) is 17.2 Å². The van der Waals surface area contributed by atoms with Crippen molar-refractivity contribution < 1.29 is 23.7 Å². The molecule has 134 valence electrons. The molecule has 0 saturated heterocycles. The topological polar surface area (TPSA) is 54.0 Å². The van der Waals surface area contributed by atoms with Gasteiger partial charge in [0.25, 0.3) is 0 Å². The zero-order valence-corrected chi connectivity index (χ0v) is 16.4. The number of hydrogen-bond acceptors (Lipinski definition) is 5. The molecule has 0 heterocycles. The fourth-order valence-electron chi connectivity index (χ4n) is 2.21. The minimum atomic E-state index is -0.814. The van der Waals surface area contributed by atoms with Crippen LogP contribution in [0.25, 0.3) is 0 Å². The van der Waals surface area contributed by atoms with Crippen molar-refractivity contribution in [2.45, 2.75) is 20.0 Å². The molecule has 2 rings (SSSR count). The number of aryl methyl sites for hydroxylation is 1. The fourth-order valence-corrected chi connectivity index (χ4v) is 3.00. The summed E-state index contributed by atoms with van der Waals surface area (Å²) in [5.41, 5.74) is 1.60. The summed E-state index contributed by atoms with van der Waals surface area (Å²) in [6, 6.07) is 8.78. The molecule has 0 aliphatic carbocycles. The van der Waals surface area contributed by atoms with Gasteiger partial charge in [-0.25, -0.2) is 4.79 Å². The second kappa shape index (κ2) is 8.97. The van der Waals surface area contributed by atoms with E-state index in [9.17, 15) is 4.79 Å². The first-order valence-electron chi connectivity index (χ1n) is 7.52. The van der Waals surface area contributed by atoms with Crippen molar-refractivity contribution in [1.29, 1.82) is 0 Å². The first-order valence-corrected chi connectivity index (χ1v) is 8.69. The van der Waals surface area contributed by atoms with Crippen molar-refractivity contribution in [2.75, 3.05) is 14.2 Å². The Kier molecular flexibility index (Phi) is 6.96. The van der Waals surface area contributed by atoms with Crippen LogP contribution in [0, 0.1) is 0 Å². The third kappa shape index (κ3) is 4.80. The maximum Gasteiger partial charge on any atom is 0.513 e. The number of halogens is 2. The molecule has 5 nitrogen and oxygen atoms in total. The number of ether oxygens (including phenoxy) is 4. The Balaban J connectivity index is 2.28. The van der Waals surface area contributed by atoms with Gasteiger partial charge in [0.15, 0.2) is 0 Å². The number of benzene rings is 2. The van der Waals surface area contributed by atoms with Crippen molar-refractivity contribution in [3.05, 3.63) is 51.0 Å². The van der Waals surface area contributed by atoms with Crippen LogP contribution in [0.2, 0.25) is 5.02 Å². The molecule has 0 aliphatic heterocycles. The van der Waals surface area contributed by atoms with E-state index in [0.29, 0.717) is 27.8 Å². The molecule has 0 fully saturated rings. The van der Waals surface area contributed by atoms with Gasteiger partial charge in [0.05, 0.1) is 24.3 Å². The monoisotopic (exact) mass is 428 g/mol. The van der Waals surface area contributed by atoms with E-state index in [2.05, 4.69) is 20.7 Å². The average molecular weight is 430 g/mol. The number of carbonyl (C=O) groups is 1. The van der Waals surface area contributed by atoms with E-state index in [4.69, 9.17) is 25.8 Å². The first-order chi connectivity index (χ1) is 12.0. The lowest BCUT2D eigenvalue weighted by atomic mass is 10.1. The summed E-state index contributed by atoms with van der Waals surface area (Å²) >= 11 is 9.73. The molecule has 0 radical (unpaired) electrons. The molecule has 0 saturated carbocycles. The van der Waals surface area contributed by atoms with E-state index >= 15 is 0 Å². The summed E-state index contributed by atoms with van der Waals surface area (Å²) < 4.78 is 21.7. The Morgan fingerprint density at radius 2 is 1.88 bits per heavy atom. The van der Waals surface area contributed by atoms with E-state index in [1.807, 2.05) is 13.0 Å². The molecule has 2 aromatic carbocycles. The SMILES string of the molecule is CCc1cc(Br)c(OCc2c(OC)cccc2OC(=O)OC)cc1Cl. The zero-order valence-electron chi connectivity index (χ0n) is 14.1. The highest BCUT2D eigenvalue weighted by atomic mass is 79.9. The summed E-state index contributed by atoms with van der Waals surface area (Å²) in [5, 5.41) is 0.631. The Bertz CT molecular complexity index is 763. The third-order valence-corrected chi connectivity index (χ3v) is 4.50. The lowest BCUT2D eigenvalue weighted by molar-refractivity contribution is 0.120. The minimum absolute atomic E-state index is 0.122. The number of carbonyl (C=O) groups excluding carboxylic acids is 1. The molecule has 0 N–H and O–H groups in total. The van der Waals surface area contributed by atoms with Crippen LogP contribution in [0.1, 0.15) is 18.1 Å². The predicted octanol–water partition coefficient (Wildman–Crippen LogP) is 5.40. The van der Waals surface area contributed by atoms with Gasteiger partial charge in [-0.3, -0.25) is 0 Å². The summed E-state index contributed by atoms with van der Waals surface area (Å²) in [4.78, 5) is 11.4. The van der Waals surface area contributed by atoms with Crippen molar-refractivity contribution >= 4 is 33.7 Å². The highest BCUT2D eigenvalue weighted by Crippen LogP contribution is 2.35. The molecule has 0 spiro atoms. The molecule has 0 aromatic heterocycles. The Morgan fingerprint density at radius 1 is 1.16 bits per heavy atom. The molecule has 2 aromatic rings. The number of hydrogen-bond donors (Lipinski definition) is 0. The number of rotatable bonds is 6. The maximum absolute atomic E-state index is 11.4. The predicted molar refractivity (Wildman–Crippen MR) is 98.9 cm³/mol. The quantitative estimate of drug-likeness (QED) is 0.455. The molecular weight excluding hydrogens is 412 g/mol. The van der Waals surface area contributed by atoms with Crippen LogP contribution < -0.4 is 14.2 Å². The molecule has 0 atom stereocenters. The second-order valence-electron chi connectivity index (χ2n) is 5.01. The lowest BCUT2D eigenvalue weighted by Gasteiger charge is -2.15. The number of methoxy groups -OCH3 is 2. The molecule has 0 bridgehead atoms.